The molecule has 0 unspecified atom stereocenters. The quantitative estimate of drug-likeness (QED) is 0.668. The number of rotatable bonds is 5. The van der Waals surface area contributed by atoms with Crippen LogP contribution in [0.25, 0.3) is 10.8 Å². The highest BCUT2D eigenvalue weighted by Crippen LogP contribution is 2.22. The molecule has 0 aliphatic heterocycles. The SMILES string of the molecule is Cc1ccc(SNC(=O)COc2ccc3cc(F)ccc3c2)c(C)c1. The number of benzene rings is 3. The lowest BCUT2D eigenvalue weighted by molar-refractivity contribution is -0.121. The predicted octanol–water partition coefficient (Wildman–Crippen LogP) is 4.80. The van der Waals surface area contributed by atoms with Gasteiger partial charge in [-0.1, -0.05) is 29.8 Å². The maximum absolute atomic E-state index is 13.2. The second-order valence-corrected chi connectivity index (χ2v) is 6.69. The minimum absolute atomic E-state index is 0.0788. The summed E-state index contributed by atoms with van der Waals surface area (Å²) >= 11 is 1.28. The zero-order valence-corrected chi connectivity index (χ0v) is 14.8. The number of carbonyl (C=O) groups excluding carboxylic acids is 1. The summed E-state index contributed by atoms with van der Waals surface area (Å²) in [5, 5.41) is 1.66. The van der Waals surface area contributed by atoms with Crippen LogP contribution < -0.4 is 9.46 Å². The Balaban J connectivity index is 1.56. The van der Waals surface area contributed by atoms with Crippen molar-refractivity contribution < 1.29 is 13.9 Å². The van der Waals surface area contributed by atoms with Gasteiger partial charge in [0.1, 0.15) is 11.6 Å². The standard InChI is InChI=1S/C20H18FNO2S/c1-13-3-8-19(14(2)9-13)25-22-20(23)12-24-18-7-5-15-10-17(21)6-4-16(15)11-18/h3-11H,12H2,1-2H3,(H,22,23). The van der Waals surface area contributed by atoms with E-state index >= 15 is 0 Å². The summed E-state index contributed by atoms with van der Waals surface area (Å²) in [6.45, 7) is 3.96. The van der Waals surface area contributed by atoms with Crippen LogP contribution in [0, 0.1) is 19.7 Å². The number of carbonyl (C=O) groups is 1. The summed E-state index contributed by atoms with van der Waals surface area (Å²) in [7, 11) is 0. The van der Waals surface area contributed by atoms with E-state index in [0.29, 0.717) is 5.75 Å². The summed E-state index contributed by atoms with van der Waals surface area (Å²) in [5.74, 6) is 0.0823. The number of hydrogen-bond acceptors (Lipinski definition) is 3. The van der Waals surface area contributed by atoms with Crippen molar-refractivity contribution in [3.05, 3.63) is 71.5 Å². The largest absolute Gasteiger partial charge is 0.484 e. The molecule has 0 bridgehead atoms. The second-order valence-electron chi connectivity index (χ2n) is 5.84. The van der Waals surface area contributed by atoms with Crippen LogP contribution in [0.3, 0.4) is 0 Å². The van der Waals surface area contributed by atoms with Crippen molar-refractivity contribution >= 4 is 28.6 Å². The molecule has 0 aliphatic rings. The first-order valence-electron chi connectivity index (χ1n) is 7.86. The van der Waals surface area contributed by atoms with Crippen LogP contribution in [0.15, 0.2) is 59.5 Å². The van der Waals surface area contributed by atoms with E-state index < -0.39 is 0 Å². The van der Waals surface area contributed by atoms with Crippen LogP contribution >= 0.6 is 11.9 Å². The van der Waals surface area contributed by atoms with E-state index in [2.05, 4.69) is 10.8 Å². The lowest BCUT2D eigenvalue weighted by atomic mass is 10.1. The zero-order chi connectivity index (χ0) is 17.8. The first-order chi connectivity index (χ1) is 12.0. The van der Waals surface area contributed by atoms with Gasteiger partial charge in [-0.05, 0) is 72.5 Å². The molecular formula is C20H18FNO2S. The molecule has 0 aliphatic carbocycles. The van der Waals surface area contributed by atoms with Crippen LogP contribution in [0.2, 0.25) is 0 Å². The third-order valence-corrected chi connectivity index (χ3v) is 4.76. The predicted molar refractivity (Wildman–Crippen MR) is 99.3 cm³/mol. The smallest absolute Gasteiger partial charge is 0.267 e. The van der Waals surface area contributed by atoms with Gasteiger partial charge >= 0.3 is 0 Å². The highest BCUT2D eigenvalue weighted by molar-refractivity contribution is 7.98. The maximum atomic E-state index is 13.2. The summed E-state index contributed by atoms with van der Waals surface area (Å²) in [6, 6.07) is 15.9. The van der Waals surface area contributed by atoms with Crippen LogP contribution in [0.5, 0.6) is 5.75 Å². The molecule has 0 atom stereocenters. The van der Waals surface area contributed by atoms with Gasteiger partial charge in [0.05, 0.1) is 0 Å². The monoisotopic (exact) mass is 355 g/mol. The van der Waals surface area contributed by atoms with Crippen LogP contribution in [0.1, 0.15) is 11.1 Å². The van der Waals surface area contributed by atoms with Gasteiger partial charge in [-0.25, -0.2) is 4.39 Å². The first-order valence-corrected chi connectivity index (χ1v) is 8.68. The minimum atomic E-state index is -0.274. The molecule has 3 aromatic rings. The highest BCUT2D eigenvalue weighted by Gasteiger charge is 2.06. The van der Waals surface area contributed by atoms with Crippen molar-refractivity contribution in [2.24, 2.45) is 0 Å². The Bertz CT molecular complexity index is 927. The summed E-state index contributed by atoms with van der Waals surface area (Å²) in [6.07, 6.45) is 0. The topological polar surface area (TPSA) is 38.3 Å². The van der Waals surface area contributed by atoms with Crippen molar-refractivity contribution in [1.82, 2.24) is 4.72 Å². The highest BCUT2D eigenvalue weighted by atomic mass is 32.2. The number of amides is 1. The number of fused-ring (bicyclic) bond motifs is 1. The van der Waals surface area contributed by atoms with Crippen molar-refractivity contribution in [3.8, 4) is 5.75 Å². The molecule has 25 heavy (non-hydrogen) atoms. The van der Waals surface area contributed by atoms with E-state index in [-0.39, 0.29) is 18.3 Å². The van der Waals surface area contributed by atoms with Crippen LogP contribution in [-0.4, -0.2) is 12.5 Å². The number of aryl methyl sites for hydroxylation is 2. The second kappa shape index (κ2) is 7.57. The van der Waals surface area contributed by atoms with Gasteiger partial charge in [-0.2, -0.15) is 0 Å². The molecule has 3 aromatic carbocycles. The lowest BCUT2D eigenvalue weighted by Crippen LogP contribution is -2.23. The van der Waals surface area contributed by atoms with Crippen molar-refractivity contribution in [2.45, 2.75) is 18.7 Å². The molecule has 0 radical (unpaired) electrons. The van der Waals surface area contributed by atoms with Gasteiger partial charge in [-0.15, -0.1) is 0 Å². The molecule has 0 heterocycles. The molecule has 5 heteroatoms. The molecule has 0 saturated heterocycles. The Morgan fingerprint density at radius 3 is 2.60 bits per heavy atom. The van der Waals surface area contributed by atoms with E-state index in [0.717, 1.165) is 21.2 Å². The van der Waals surface area contributed by atoms with E-state index in [1.807, 2.05) is 26.0 Å². The molecule has 3 rings (SSSR count). The third-order valence-electron chi connectivity index (χ3n) is 3.75. The van der Waals surface area contributed by atoms with Crippen molar-refractivity contribution in [2.75, 3.05) is 6.61 Å². The molecule has 1 N–H and O–H groups in total. The molecule has 0 aromatic heterocycles. The molecular weight excluding hydrogens is 337 g/mol. The van der Waals surface area contributed by atoms with Gasteiger partial charge in [0, 0.05) is 4.90 Å². The number of hydrogen-bond donors (Lipinski definition) is 1. The molecule has 0 saturated carbocycles. The van der Waals surface area contributed by atoms with Gasteiger partial charge in [0.2, 0.25) is 0 Å². The first kappa shape index (κ1) is 17.3. The van der Waals surface area contributed by atoms with E-state index in [1.54, 1.807) is 24.3 Å². The Morgan fingerprint density at radius 1 is 1.04 bits per heavy atom. The molecule has 1 amide bonds. The normalized spacial score (nSPS) is 10.7. The van der Waals surface area contributed by atoms with Crippen molar-refractivity contribution in [3.63, 3.8) is 0 Å². The Labute approximate surface area is 150 Å². The van der Waals surface area contributed by atoms with Gasteiger partial charge in [0.25, 0.3) is 5.91 Å². The average Bonchev–Trinajstić information content (AvgIpc) is 2.59. The average molecular weight is 355 g/mol. The van der Waals surface area contributed by atoms with Crippen molar-refractivity contribution in [1.29, 1.82) is 0 Å². The van der Waals surface area contributed by atoms with Gasteiger partial charge in [-0.3, -0.25) is 9.52 Å². The molecule has 0 spiro atoms. The minimum Gasteiger partial charge on any atom is -0.484 e. The molecule has 3 nitrogen and oxygen atoms in total. The van der Waals surface area contributed by atoms with Gasteiger partial charge in [0.15, 0.2) is 6.61 Å². The van der Waals surface area contributed by atoms with E-state index in [1.165, 1.54) is 29.6 Å². The summed E-state index contributed by atoms with van der Waals surface area (Å²) < 4.78 is 21.5. The summed E-state index contributed by atoms with van der Waals surface area (Å²) in [4.78, 5) is 13.0. The third kappa shape index (κ3) is 4.51. The van der Waals surface area contributed by atoms with Gasteiger partial charge < -0.3 is 4.74 Å². The number of nitrogens with one attached hydrogen (secondary N) is 1. The Kier molecular flexibility index (Phi) is 5.24. The lowest BCUT2D eigenvalue weighted by Gasteiger charge is -2.09. The molecule has 128 valence electrons. The van der Waals surface area contributed by atoms with E-state index in [9.17, 15) is 9.18 Å². The molecule has 0 fully saturated rings. The maximum Gasteiger partial charge on any atom is 0.267 e. The van der Waals surface area contributed by atoms with Crippen LogP contribution in [-0.2, 0) is 4.79 Å². The summed E-state index contributed by atoms with van der Waals surface area (Å²) in [5.41, 5.74) is 2.31. The zero-order valence-electron chi connectivity index (χ0n) is 14.0. The van der Waals surface area contributed by atoms with Crippen LogP contribution in [0.4, 0.5) is 4.39 Å². The number of ether oxygens (including phenoxy) is 1. The fraction of sp³-hybridized carbons (Fsp3) is 0.150. The van der Waals surface area contributed by atoms with E-state index in [4.69, 9.17) is 4.74 Å². The Morgan fingerprint density at radius 2 is 1.80 bits per heavy atom. The number of halogens is 1. The fourth-order valence-corrected chi connectivity index (χ4v) is 3.13. The fourth-order valence-electron chi connectivity index (χ4n) is 2.49. The Hall–Kier alpha value is -2.53.